The largest absolute Gasteiger partial charge is 0.500 e. The summed E-state index contributed by atoms with van der Waals surface area (Å²) in [6.45, 7) is 5.77. The number of hydrazone groups is 1. The van der Waals surface area contributed by atoms with E-state index in [0.29, 0.717) is 5.75 Å². The third kappa shape index (κ3) is 5.68. The van der Waals surface area contributed by atoms with Gasteiger partial charge in [0.05, 0.1) is 18.2 Å². The van der Waals surface area contributed by atoms with Gasteiger partial charge in [0.25, 0.3) is 5.91 Å². The minimum Gasteiger partial charge on any atom is -0.500 e. The van der Waals surface area contributed by atoms with Gasteiger partial charge in [-0.1, -0.05) is 26.0 Å². The highest BCUT2D eigenvalue weighted by Gasteiger charge is 2.19. The average Bonchev–Trinajstić information content (AvgIpc) is 2.66. The lowest BCUT2D eigenvalue weighted by Crippen LogP contribution is -2.25. The second-order valence-corrected chi connectivity index (χ2v) is 6.63. The lowest BCUT2D eigenvalue weighted by Gasteiger charge is -2.14. The van der Waals surface area contributed by atoms with E-state index < -0.39 is 22.3 Å². The number of amides is 1. The Balaban J connectivity index is 2.03. The number of hydrogen-bond acceptors (Lipinski definition) is 7. The Morgan fingerprint density at radius 1 is 1.31 bits per heavy atom. The average molecular weight is 401 g/mol. The van der Waals surface area contributed by atoms with E-state index in [4.69, 9.17) is 9.47 Å². The van der Waals surface area contributed by atoms with E-state index in [9.17, 15) is 20.0 Å². The Bertz CT molecular complexity index is 940. The molecule has 2 rings (SSSR count). The van der Waals surface area contributed by atoms with Crippen molar-refractivity contribution in [3.05, 3.63) is 57.1 Å². The molecule has 0 spiro atoms. The van der Waals surface area contributed by atoms with Crippen molar-refractivity contribution < 1.29 is 24.3 Å². The number of methoxy groups -OCH3 is 1. The van der Waals surface area contributed by atoms with Gasteiger partial charge in [-0.25, -0.2) is 5.43 Å². The topological polar surface area (TPSA) is 123 Å². The highest BCUT2D eigenvalue weighted by atomic mass is 16.6. The molecule has 0 aliphatic rings. The summed E-state index contributed by atoms with van der Waals surface area (Å²) in [5.74, 6) is -0.259. The van der Waals surface area contributed by atoms with Crippen LogP contribution in [0.3, 0.4) is 0 Å². The molecule has 0 heterocycles. The number of nitrogens with one attached hydrogen (secondary N) is 1. The van der Waals surface area contributed by atoms with E-state index in [2.05, 4.69) is 10.5 Å². The molecule has 9 nitrogen and oxygen atoms in total. The van der Waals surface area contributed by atoms with Crippen LogP contribution in [0.5, 0.6) is 17.2 Å². The summed E-state index contributed by atoms with van der Waals surface area (Å²) >= 11 is 0. The molecule has 2 aromatic carbocycles. The third-order valence-corrected chi connectivity index (χ3v) is 4.05. The summed E-state index contributed by atoms with van der Waals surface area (Å²) in [4.78, 5) is 22.3. The van der Waals surface area contributed by atoms with Crippen molar-refractivity contribution in [2.45, 2.75) is 26.7 Å². The fourth-order valence-corrected chi connectivity index (χ4v) is 2.58. The molecular weight excluding hydrogens is 378 g/mol. The number of aromatic hydroxyl groups is 1. The van der Waals surface area contributed by atoms with Gasteiger partial charge in [-0.2, -0.15) is 5.10 Å². The van der Waals surface area contributed by atoms with Crippen molar-refractivity contribution >= 4 is 17.8 Å². The SMILES string of the molecule is COc1cc(/C=N\NC(=O)COc2cc(C)ccc2C(C)C)cc([N+](=O)[O-])c1O. The van der Waals surface area contributed by atoms with E-state index in [1.54, 1.807) is 0 Å². The molecule has 0 unspecified atom stereocenters. The quantitative estimate of drug-likeness (QED) is 0.397. The van der Waals surface area contributed by atoms with Crippen molar-refractivity contribution in [2.75, 3.05) is 13.7 Å². The molecular formula is C20H23N3O6. The van der Waals surface area contributed by atoms with Gasteiger partial charge < -0.3 is 14.6 Å². The van der Waals surface area contributed by atoms with Crippen LogP contribution in [0, 0.1) is 17.0 Å². The number of nitrogens with zero attached hydrogens (tertiary/aromatic N) is 2. The summed E-state index contributed by atoms with van der Waals surface area (Å²) in [5.41, 5.74) is 4.06. The van der Waals surface area contributed by atoms with Gasteiger partial charge in [-0.05, 0) is 36.1 Å². The van der Waals surface area contributed by atoms with Gasteiger partial charge in [0, 0.05) is 11.6 Å². The molecule has 0 atom stereocenters. The van der Waals surface area contributed by atoms with Crippen molar-refractivity contribution in [1.29, 1.82) is 0 Å². The number of phenolic OH excluding ortho intramolecular Hbond substituents is 1. The Morgan fingerprint density at radius 3 is 2.66 bits per heavy atom. The Kier molecular flexibility index (Phi) is 7.13. The molecule has 0 saturated heterocycles. The molecule has 0 aliphatic carbocycles. The van der Waals surface area contributed by atoms with Gasteiger partial charge in [0.15, 0.2) is 12.4 Å². The van der Waals surface area contributed by atoms with E-state index >= 15 is 0 Å². The number of carbonyl (C=O) groups is 1. The number of hydrogen-bond donors (Lipinski definition) is 2. The maximum atomic E-state index is 12.0. The summed E-state index contributed by atoms with van der Waals surface area (Å²) in [6, 6.07) is 8.30. The predicted molar refractivity (Wildman–Crippen MR) is 108 cm³/mol. The Labute approximate surface area is 168 Å². The summed E-state index contributed by atoms with van der Waals surface area (Å²) < 4.78 is 10.5. The highest BCUT2D eigenvalue weighted by molar-refractivity contribution is 5.85. The van der Waals surface area contributed by atoms with Crippen LogP contribution in [-0.4, -0.2) is 35.9 Å². The van der Waals surface area contributed by atoms with Crippen LogP contribution in [0.15, 0.2) is 35.4 Å². The lowest BCUT2D eigenvalue weighted by molar-refractivity contribution is -0.386. The van der Waals surface area contributed by atoms with Crippen LogP contribution < -0.4 is 14.9 Å². The molecule has 9 heteroatoms. The number of rotatable bonds is 8. The van der Waals surface area contributed by atoms with Gasteiger partial charge in [-0.15, -0.1) is 0 Å². The number of ether oxygens (including phenoxy) is 2. The van der Waals surface area contributed by atoms with Crippen molar-refractivity contribution in [3.63, 3.8) is 0 Å². The molecule has 0 aliphatic heterocycles. The fraction of sp³-hybridized carbons (Fsp3) is 0.300. The molecule has 1 amide bonds. The fourth-order valence-electron chi connectivity index (χ4n) is 2.58. The van der Waals surface area contributed by atoms with Gasteiger partial charge in [0.1, 0.15) is 5.75 Å². The molecule has 29 heavy (non-hydrogen) atoms. The molecule has 0 radical (unpaired) electrons. The first kappa shape index (κ1) is 21.7. The predicted octanol–water partition coefficient (Wildman–Crippen LogP) is 3.27. The smallest absolute Gasteiger partial charge is 0.315 e. The number of phenols is 1. The first-order chi connectivity index (χ1) is 13.7. The Hall–Kier alpha value is -3.62. The first-order valence-corrected chi connectivity index (χ1v) is 8.83. The van der Waals surface area contributed by atoms with Crippen LogP contribution in [0.4, 0.5) is 5.69 Å². The molecule has 0 saturated carbocycles. The molecule has 0 bridgehead atoms. The highest BCUT2D eigenvalue weighted by Crippen LogP contribution is 2.36. The second kappa shape index (κ2) is 9.54. The number of nitro groups is 1. The number of nitro benzene ring substituents is 1. The van der Waals surface area contributed by atoms with Crippen molar-refractivity contribution in [3.8, 4) is 17.2 Å². The van der Waals surface area contributed by atoms with E-state index in [1.165, 1.54) is 19.4 Å². The minimum absolute atomic E-state index is 0.0732. The normalized spacial score (nSPS) is 10.9. The maximum absolute atomic E-state index is 12.0. The number of benzene rings is 2. The van der Waals surface area contributed by atoms with Crippen molar-refractivity contribution in [1.82, 2.24) is 5.43 Å². The summed E-state index contributed by atoms with van der Waals surface area (Å²) in [7, 11) is 1.27. The standard InChI is InChI=1S/C20H23N3O6/c1-12(2)15-6-5-13(3)7-17(15)29-11-19(24)22-21-10-14-8-16(23(26)27)20(25)18(9-14)28-4/h5-10,12,25H,11H2,1-4H3,(H,22,24)/b21-10-. The molecule has 154 valence electrons. The van der Waals surface area contributed by atoms with Crippen LogP contribution in [-0.2, 0) is 4.79 Å². The van der Waals surface area contributed by atoms with Crippen molar-refractivity contribution in [2.24, 2.45) is 5.10 Å². The lowest BCUT2D eigenvalue weighted by atomic mass is 10.0. The third-order valence-electron chi connectivity index (χ3n) is 4.05. The van der Waals surface area contributed by atoms with Crippen LogP contribution in [0.1, 0.15) is 36.5 Å². The van der Waals surface area contributed by atoms with E-state index in [0.717, 1.165) is 17.2 Å². The Morgan fingerprint density at radius 2 is 2.03 bits per heavy atom. The minimum atomic E-state index is -0.740. The maximum Gasteiger partial charge on any atom is 0.315 e. The number of carbonyl (C=O) groups excluding carboxylic acids is 1. The van der Waals surface area contributed by atoms with Crippen LogP contribution in [0.25, 0.3) is 0 Å². The molecule has 2 N–H and O–H groups in total. The summed E-state index contributed by atoms with van der Waals surface area (Å²) in [5, 5.41) is 24.5. The van der Waals surface area contributed by atoms with Crippen LogP contribution >= 0.6 is 0 Å². The van der Waals surface area contributed by atoms with Crippen LogP contribution in [0.2, 0.25) is 0 Å². The van der Waals surface area contributed by atoms with E-state index in [1.807, 2.05) is 39.0 Å². The summed E-state index contributed by atoms with van der Waals surface area (Å²) in [6.07, 6.45) is 1.21. The zero-order chi connectivity index (χ0) is 21.6. The van der Waals surface area contributed by atoms with Gasteiger partial charge in [-0.3, -0.25) is 14.9 Å². The van der Waals surface area contributed by atoms with Gasteiger partial charge in [0.2, 0.25) is 5.75 Å². The second-order valence-electron chi connectivity index (χ2n) is 6.63. The van der Waals surface area contributed by atoms with Gasteiger partial charge >= 0.3 is 5.69 Å². The molecule has 0 fully saturated rings. The zero-order valence-electron chi connectivity index (χ0n) is 16.6. The monoisotopic (exact) mass is 401 g/mol. The first-order valence-electron chi connectivity index (χ1n) is 8.83. The zero-order valence-corrected chi connectivity index (χ0v) is 16.6. The molecule has 0 aromatic heterocycles. The molecule has 2 aromatic rings. The number of aryl methyl sites for hydroxylation is 1. The van der Waals surface area contributed by atoms with E-state index in [-0.39, 0.29) is 23.8 Å².